The van der Waals surface area contributed by atoms with E-state index in [9.17, 15) is 22.4 Å². The van der Waals surface area contributed by atoms with E-state index in [0.717, 1.165) is 0 Å². The van der Waals surface area contributed by atoms with Crippen LogP contribution in [0.4, 0.5) is 17.6 Å². The standard InChI is InChI=1S/C10H6F4O2/c11-6-2-4(3-1-5(3)10(15)16)7(12)9(14)8(6)13/h2-3,5H,1H2,(H,15,16)/t3-,5+/m0/s1. The molecule has 86 valence electrons. The predicted molar refractivity (Wildman–Crippen MR) is 44.8 cm³/mol. The lowest BCUT2D eigenvalue weighted by atomic mass is 10.1. The maximum Gasteiger partial charge on any atom is 0.307 e. The van der Waals surface area contributed by atoms with Crippen LogP contribution in [-0.2, 0) is 4.79 Å². The van der Waals surface area contributed by atoms with Crippen LogP contribution in [0.15, 0.2) is 6.07 Å². The van der Waals surface area contributed by atoms with E-state index in [-0.39, 0.29) is 6.42 Å². The summed E-state index contributed by atoms with van der Waals surface area (Å²) in [6.45, 7) is 0. The lowest BCUT2D eigenvalue weighted by Gasteiger charge is -2.04. The lowest BCUT2D eigenvalue weighted by molar-refractivity contribution is -0.138. The van der Waals surface area contributed by atoms with Crippen molar-refractivity contribution >= 4 is 5.97 Å². The molecule has 0 heterocycles. The van der Waals surface area contributed by atoms with Gasteiger partial charge >= 0.3 is 5.97 Å². The molecule has 0 unspecified atom stereocenters. The fourth-order valence-electron chi connectivity index (χ4n) is 1.67. The molecule has 6 heteroatoms. The molecule has 1 aromatic rings. The van der Waals surface area contributed by atoms with Gasteiger partial charge in [0.05, 0.1) is 5.92 Å². The minimum absolute atomic E-state index is 0.108. The van der Waals surface area contributed by atoms with Gasteiger partial charge in [0.15, 0.2) is 23.3 Å². The zero-order valence-corrected chi connectivity index (χ0v) is 7.81. The molecule has 16 heavy (non-hydrogen) atoms. The van der Waals surface area contributed by atoms with Crippen molar-refractivity contribution in [1.29, 1.82) is 0 Å². The molecule has 0 saturated heterocycles. The average Bonchev–Trinajstić information content (AvgIpc) is 3.00. The Hall–Kier alpha value is -1.59. The van der Waals surface area contributed by atoms with E-state index in [0.29, 0.717) is 6.07 Å². The van der Waals surface area contributed by atoms with Crippen molar-refractivity contribution in [3.05, 3.63) is 34.9 Å². The van der Waals surface area contributed by atoms with Crippen LogP contribution in [0.3, 0.4) is 0 Å². The van der Waals surface area contributed by atoms with E-state index >= 15 is 0 Å². The maximum absolute atomic E-state index is 13.2. The Balaban J connectivity index is 2.41. The highest BCUT2D eigenvalue weighted by Crippen LogP contribution is 2.48. The summed E-state index contributed by atoms with van der Waals surface area (Å²) >= 11 is 0. The van der Waals surface area contributed by atoms with E-state index in [2.05, 4.69) is 0 Å². The first-order valence-corrected chi connectivity index (χ1v) is 4.49. The molecule has 1 aromatic carbocycles. The highest BCUT2D eigenvalue weighted by atomic mass is 19.2. The monoisotopic (exact) mass is 234 g/mol. The Labute approximate surface area is 87.5 Å². The van der Waals surface area contributed by atoms with Crippen LogP contribution in [0, 0.1) is 29.2 Å². The Morgan fingerprint density at radius 3 is 2.31 bits per heavy atom. The topological polar surface area (TPSA) is 37.3 Å². The second-order valence-corrected chi connectivity index (χ2v) is 3.68. The highest BCUT2D eigenvalue weighted by Gasteiger charge is 2.46. The molecule has 0 radical (unpaired) electrons. The molecule has 1 saturated carbocycles. The summed E-state index contributed by atoms with van der Waals surface area (Å²) < 4.78 is 51.4. The van der Waals surface area contributed by atoms with Crippen LogP contribution in [0.1, 0.15) is 17.9 Å². The van der Waals surface area contributed by atoms with Gasteiger partial charge in [0, 0.05) is 5.92 Å². The zero-order valence-electron chi connectivity index (χ0n) is 7.81. The fourth-order valence-corrected chi connectivity index (χ4v) is 1.67. The van der Waals surface area contributed by atoms with Crippen LogP contribution < -0.4 is 0 Å². The summed E-state index contributed by atoms with van der Waals surface area (Å²) in [7, 11) is 0. The van der Waals surface area contributed by atoms with Gasteiger partial charge in [-0.2, -0.15) is 0 Å². The van der Waals surface area contributed by atoms with Crippen molar-refractivity contribution in [2.45, 2.75) is 12.3 Å². The fraction of sp³-hybridized carbons (Fsp3) is 0.300. The third-order valence-corrected chi connectivity index (χ3v) is 2.64. The summed E-state index contributed by atoms with van der Waals surface area (Å²) in [4.78, 5) is 10.5. The number of hydrogen-bond donors (Lipinski definition) is 1. The number of carboxylic acids is 1. The van der Waals surface area contributed by atoms with Crippen molar-refractivity contribution < 1.29 is 27.5 Å². The van der Waals surface area contributed by atoms with Crippen molar-refractivity contribution in [3.63, 3.8) is 0 Å². The third-order valence-electron chi connectivity index (χ3n) is 2.64. The van der Waals surface area contributed by atoms with Gasteiger partial charge in [-0.25, -0.2) is 17.6 Å². The second kappa shape index (κ2) is 3.47. The molecule has 2 rings (SSSR count). The Morgan fingerprint density at radius 1 is 1.19 bits per heavy atom. The molecule has 0 amide bonds. The molecule has 0 spiro atoms. The maximum atomic E-state index is 13.2. The molecule has 0 aliphatic heterocycles. The van der Waals surface area contributed by atoms with Crippen LogP contribution in [0.25, 0.3) is 0 Å². The quantitative estimate of drug-likeness (QED) is 0.484. The van der Waals surface area contributed by atoms with Gasteiger partial charge in [0.2, 0.25) is 0 Å². The molecule has 2 atom stereocenters. The number of halogens is 4. The van der Waals surface area contributed by atoms with Gasteiger partial charge in [-0.3, -0.25) is 4.79 Å². The summed E-state index contributed by atoms with van der Waals surface area (Å²) in [5, 5.41) is 8.59. The number of carboxylic acid groups (broad SMARTS) is 1. The number of hydrogen-bond acceptors (Lipinski definition) is 1. The molecule has 1 aliphatic rings. The Kier molecular flexibility index (Phi) is 2.36. The number of benzene rings is 1. The van der Waals surface area contributed by atoms with Crippen LogP contribution in [0.2, 0.25) is 0 Å². The van der Waals surface area contributed by atoms with E-state index in [1.165, 1.54) is 0 Å². The Bertz CT molecular complexity index is 472. The van der Waals surface area contributed by atoms with E-state index in [4.69, 9.17) is 5.11 Å². The molecule has 1 aliphatic carbocycles. The SMILES string of the molecule is O=C(O)[C@@H]1C[C@H]1c1cc(F)c(F)c(F)c1F. The second-order valence-electron chi connectivity index (χ2n) is 3.68. The van der Waals surface area contributed by atoms with Gasteiger partial charge in [-0.15, -0.1) is 0 Å². The predicted octanol–water partition coefficient (Wildman–Crippen LogP) is 2.43. The zero-order chi connectivity index (χ0) is 12.0. The molecule has 2 nitrogen and oxygen atoms in total. The molecular formula is C10H6F4O2. The van der Waals surface area contributed by atoms with Crippen molar-refractivity contribution in [3.8, 4) is 0 Å². The van der Waals surface area contributed by atoms with Crippen molar-refractivity contribution in [2.24, 2.45) is 5.92 Å². The van der Waals surface area contributed by atoms with Crippen LogP contribution in [0.5, 0.6) is 0 Å². The lowest BCUT2D eigenvalue weighted by Crippen LogP contribution is -2.04. The third kappa shape index (κ3) is 1.54. The van der Waals surface area contributed by atoms with Gasteiger partial charge < -0.3 is 5.11 Å². The largest absolute Gasteiger partial charge is 0.481 e. The van der Waals surface area contributed by atoms with E-state index in [1.807, 2.05) is 0 Å². The van der Waals surface area contributed by atoms with E-state index in [1.54, 1.807) is 0 Å². The average molecular weight is 234 g/mol. The molecule has 1 N–H and O–H groups in total. The smallest absolute Gasteiger partial charge is 0.307 e. The van der Waals surface area contributed by atoms with Crippen LogP contribution in [-0.4, -0.2) is 11.1 Å². The molecule has 0 bridgehead atoms. The molecular weight excluding hydrogens is 228 g/mol. The Morgan fingerprint density at radius 2 is 1.81 bits per heavy atom. The van der Waals surface area contributed by atoms with Gasteiger partial charge in [0.1, 0.15) is 0 Å². The highest BCUT2D eigenvalue weighted by molar-refractivity contribution is 5.75. The van der Waals surface area contributed by atoms with Gasteiger partial charge in [-0.1, -0.05) is 0 Å². The molecule has 1 fully saturated rings. The van der Waals surface area contributed by atoms with Gasteiger partial charge in [-0.05, 0) is 18.1 Å². The summed E-state index contributed by atoms with van der Waals surface area (Å²) in [6.07, 6.45) is 0.108. The number of carbonyl (C=O) groups is 1. The van der Waals surface area contributed by atoms with Crippen molar-refractivity contribution in [1.82, 2.24) is 0 Å². The minimum atomic E-state index is -1.90. The minimum Gasteiger partial charge on any atom is -0.481 e. The normalized spacial score (nSPS) is 23.2. The van der Waals surface area contributed by atoms with Crippen molar-refractivity contribution in [2.75, 3.05) is 0 Å². The van der Waals surface area contributed by atoms with Crippen LogP contribution >= 0.6 is 0 Å². The summed E-state index contributed by atoms with van der Waals surface area (Å²) in [5.41, 5.74) is -0.413. The summed E-state index contributed by atoms with van der Waals surface area (Å²) in [6, 6.07) is 0.515. The first-order valence-electron chi connectivity index (χ1n) is 4.49. The first-order chi connectivity index (χ1) is 7.43. The first kappa shape index (κ1) is 10.9. The molecule has 0 aromatic heterocycles. The number of aliphatic carboxylic acids is 1. The van der Waals surface area contributed by atoms with Gasteiger partial charge in [0.25, 0.3) is 0 Å². The van der Waals surface area contributed by atoms with E-state index < -0.39 is 46.6 Å². The number of rotatable bonds is 2. The summed E-state index contributed by atoms with van der Waals surface area (Å²) in [5.74, 6) is -9.58.